The summed E-state index contributed by atoms with van der Waals surface area (Å²) < 4.78 is 11.1. The summed E-state index contributed by atoms with van der Waals surface area (Å²) in [6.45, 7) is 8.68. The minimum absolute atomic E-state index is 0.381. The Morgan fingerprint density at radius 3 is 2.41 bits per heavy atom. The smallest absolute Gasteiger partial charge is 0.119 e. The van der Waals surface area contributed by atoms with Crippen molar-refractivity contribution in [3.63, 3.8) is 0 Å². The normalized spacial score (nSPS) is 17.1. The third-order valence-electron chi connectivity index (χ3n) is 4.02. The highest BCUT2D eigenvalue weighted by Gasteiger charge is 2.15. The second kappa shape index (κ2) is 9.13. The molecule has 0 radical (unpaired) electrons. The van der Waals surface area contributed by atoms with E-state index in [2.05, 4.69) is 30.9 Å². The molecule has 124 valence electrons. The Kier molecular flexibility index (Phi) is 7.16. The zero-order valence-corrected chi connectivity index (χ0v) is 13.8. The van der Waals surface area contributed by atoms with E-state index < -0.39 is 6.10 Å². The molecule has 1 saturated heterocycles. The number of β-amino-alcohol motifs (C(OH)–C–C–N with tert-alkyl or cyclic N) is 1. The van der Waals surface area contributed by atoms with Crippen LogP contribution in [0.1, 0.15) is 38.2 Å². The molecule has 4 heteroatoms. The molecule has 1 atom stereocenters. The molecule has 0 saturated carbocycles. The van der Waals surface area contributed by atoms with Gasteiger partial charge in [-0.15, -0.1) is 0 Å². The summed E-state index contributed by atoms with van der Waals surface area (Å²) in [6.07, 6.45) is 2.09. The minimum atomic E-state index is -0.400. The second-order valence-electron chi connectivity index (χ2n) is 6.31. The maximum Gasteiger partial charge on any atom is 0.119 e. The number of benzene rings is 1. The number of aliphatic hydroxyl groups is 1. The predicted molar refractivity (Wildman–Crippen MR) is 88.5 cm³/mol. The highest BCUT2D eigenvalue weighted by Crippen LogP contribution is 2.18. The van der Waals surface area contributed by atoms with Crippen LogP contribution in [0.25, 0.3) is 0 Å². The van der Waals surface area contributed by atoms with Crippen LogP contribution >= 0.6 is 0 Å². The average Bonchev–Trinajstić information content (AvgIpc) is 3.00. The van der Waals surface area contributed by atoms with Gasteiger partial charge in [0.1, 0.15) is 12.4 Å². The Morgan fingerprint density at radius 1 is 1.09 bits per heavy atom. The molecule has 1 N–H and O–H groups in total. The maximum atomic E-state index is 9.90. The fraction of sp³-hybridized carbons (Fsp3) is 0.667. The first-order valence-corrected chi connectivity index (χ1v) is 8.36. The van der Waals surface area contributed by atoms with Crippen LogP contribution in [0.4, 0.5) is 0 Å². The third-order valence-corrected chi connectivity index (χ3v) is 4.02. The topological polar surface area (TPSA) is 41.9 Å². The summed E-state index contributed by atoms with van der Waals surface area (Å²) in [4.78, 5) is 2.29. The van der Waals surface area contributed by atoms with Crippen molar-refractivity contribution < 1.29 is 14.6 Å². The SMILES string of the molecule is CC(C)c1ccc(OCCOC[C@@H](O)CN2CCCC2)cc1. The average molecular weight is 307 g/mol. The van der Waals surface area contributed by atoms with Crippen molar-refractivity contribution >= 4 is 0 Å². The Labute approximate surface area is 134 Å². The minimum Gasteiger partial charge on any atom is -0.491 e. The lowest BCUT2D eigenvalue weighted by molar-refractivity contribution is 0.0111. The first-order valence-electron chi connectivity index (χ1n) is 8.36. The molecule has 0 unspecified atom stereocenters. The van der Waals surface area contributed by atoms with Crippen LogP contribution in [0, 0.1) is 0 Å². The van der Waals surface area contributed by atoms with Gasteiger partial charge in [0.15, 0.2) is 0 Å². The van der Waals surface area contributed by atoms with Gasteiger partial charge in [-0.1, -0.05) is 26.0 Å². The van der Waals surface area contributed by atoms with Crippen LogP contribution < -0.4 is 4.74 Å². The van der Waals surface area contributed by atoms with Crippen LogP contribution in [0.5, 0.6) is 5.75 Å². The summed E-state index contributed by atoms with van der Waals surface area (Å²) in [5.41, 5.74) is 1.31. The number of nitrogens with zero attached hydrogens (tertiary/aromatic N) is 1. The number of hydrogen-bond acceptors (Lipinski definition) is 4. The molecule has 4 nitrogen and oxygen atoms in total. The van der Waals surface area contributed by atoms with E-state index in [1.165, 1.54) is 18.4 Å². The molecule has 0 bridgehead atoms. The van der Waals surface area contributed by atoms with E-state index in [9.17, 15) is 5.11 Å². The van der Waals surface area contributed by atoms with Gasteiger partial charge in [0.2, 0.25) is 0 Å². The molecule has 1 fully saturated rings. The van der Waals surface area contributed by atoms with Crippen molar-refractivity contribution in [1.29, 1.82) is 0 Å². The summed E-state index contributed by atoms with van der Waals surface area (Å²) in [7, 11) is 0. The zero-order valence-electron chi connectivity index (χ0n) is 13.8. The second-order valence-corrected chi connectivity index (χ2v) is 6.31. The van der Waals surface area contributed by atoms with E-state index in [1.54, 1.807) is 0 Å². The number of ether oxygens (including phenoxy) is 2. The molecular weight excluding hydrogens is 278 g/mol. The monoisotopic (exact) mass is 307 g/mol. The van der Waals surface area contributed by atoms with Gasteiger partial charge in [0.05, 0.1) is 19.3 Å². The molecule has 0 aromatic heterocycles. The fourth-order valence-electron chi connectivity index (χ4n) is 2.70. The number of hydrogen-bond donors (Lipinski definition) is 1. The fourth-order valence-corrected chi connectivity index (χ4v) is 2.70. The molecule has 0 aliphatic carbocycles. The van der Waals surface area contributed by atoms with Crippen LogP contribution in [-0.4, -0.2) is 55.6 Å². The summed E-state index contributed by atoms with van der Waals surface area (Å²) in [5.74, 6) is 1.40. The van der Waals surface area contributed by atoms with E-state index in [-0.39, 0.29) is 0 Å². The number of aliphatic hydroxyl groups excluding tert-OH is 1. The molecule has 1 aliphatic heterocycles. The summed E-state index contributed by atoms with van der Waals surface area (Å²) >= 11 is 0. The Hall–Kier alpha value is -1.10. The van der Waals surface area contributed by atoms with Gasteiger partial charge in [-0.3, -0.25) is 0 Å². The van der Waals surface area contributed by atoms with Crippen LogP contribution in [0.2, 0.25) is 0 Å². The predicted octanol–water partition coefficient (Wildman–Crippen LogP) is 2.66. The molecule has 1 aliphatic rings. The first-order chi connectivity index (χ1) is 10.6. The van der Waals surface area contributed by atoms with Crippen LogP contribution in [0.3, 0.4) is 0 Å². The van der Waals surface area contributed by atoms with E-state index in [4.69, 9.17) is 9.47 Å². The van der Waals surface area contributed by atoms with E-state index in [1.807, 2.05) is 12.1 Å². The van der Waals surface area contributed by atoms with Crippen LogP contribution in [-0.2, 0) is 4.74 Å². The largest absolute Gasteiger partial charge is 0.491 e. The van der Waals surface area contributed by atoms with Crippen molar-refractivity contribution in [3.05, 3.63) is 29.8 Å². The number of likely N-dealkylation sites (tertiary alicyclic amines) is 1. The van der Waals surface area contributed by atoms with Gasteiger partial charge in [-0.05, 0) is 49.5 Å². The van der Waals surface area contributed by atoms with E-state index in [0.717, 1.165) is 25.4 Å². The van der Waals surface area contributed by atoms with Crippen molar-refractivity contribution in [2.45, 2.75) is 38.7 Å². The molecule has 0 spiro atoms. The lowest BCUT2D eigenvalue weighted by Crippen LogP contribution is -2.33. The van der Waals surface area contributed by atoms with Crippen molar-refractivity contribution in [3.8, 4) is 5.75 Å². The molecule has 0 amide bonds. The van der Waals surface area contributed by atoms with Crippen molar-refractivity contribution in [2.75, 3.05) is 39.5 Å². The van der Waals surface area contributed by atoms with Gasteiger partial charge in [-0.2, -0.15) is 0 Å². The summed E-state index contributed by atoms with van der Waals surface area (Å²) in [6, 6.07) is 8.19. The molecular formula is C18H29NO3. The third kappa shape index (κ3) is 5.95. The van der Waals surface area contributed by atoms with Gasteiger partial charge < -0.3 is 19.5 Å². The van der Waals surface area contributed by atoms with E-state index in [0.29, 0.717) is 25.7 Å². The first kappa shape index (κ1) is 17.3. The van der Waals surface area contributed by atoms with Gasteiger partial charge >= 0.3 is 0 Å². The molecule has 1 aromatic rings. The quantitative estimate of drug-likeness (QED) is 0.712. The molecule has 2 rings (SSSR count). The summed E-state index contributed by atoms with van der Waals surface area (Å²) in [5, 5.41) is 9.90. The Balaban J connectivity index is 1.54. The Bertz CT molecular complexity index is 413. The zero-order chi connectivity index (χ0) is 15.8. The van der Waals surface area contributed by atoms with Crippen molar-refractivity contribution in [2.24, 2.45) is 0 Å². The van der Waals surface area contributed by atoms with Gasteiger partial charge in [0.25, 0.3) is 0 Å². The highest BCUT2D eigenvalue weighted by atomic mass is 16.5. The lowest BCUT2D eigenvalue weighted by atomic mass is 10.0. The van der Waals surface area contributed by atoms with Gasteiger partial charge in [0, 0.05) is 6.54 Å². The molecule has 22 heavy (non-hydrogen) atoms. The van der Waals surface area contributed by atoms with Crippen molar-refractivity contribution in [1.82, 2.24) is 4.90 Å². The number of rotatable bonds is 9. The molecule has 1 heterocycles. The van der Waals surface area contributed by atoms with E-state index >= 15 is 0 Å². The standard InChI is InChI=1S/C18H29NO3/c1-15(2)16-5-7-18(8-6-16)22-12-11-21-14-17(20)13-19-9-3-4-10-19/h5-8,15,17,20H,3-4,9-14H2,1-2H3/t17-/m0/s1. The Morgan fingerprint density at radius 2 is 1.77 bits per heavy atom. The highest BCUT2D eigenvalue weighted by molar-refractivity contribution is 5.28. The lowest BCUT2D eigenvalue weighted by Gasteiger charge is -2.19. The molecule has 1 aromatic carbocycles. The maximum absolute atomic E-state index is 9.90. The van der Waals surface area contributed by atoms with Crippen LogP contribution in [0.15, 0.2) is 24.3 Å². The van der Waals surface area contributed by atoms with Gasteiger partial charge in [-0.25, -0.2) is 0 Å².